The molecule has 0 bridgehead atoms. The molecule has 4 nitrogen and oxygen atoms in total. The van der Waals surface area contributed by atoms with E-state index in [1.54, 1.807) is 13.0 Å². The average molecular weight is 416 g/mol. The number of esters is 1. The number of carbonyl (C=O) groups excluding carboxylic acids is 2. The van der Waals surface area contributed by atoms with E-state index in [0.29, 0.717) is 0 Å². The van der Waals surface area contributed by atoms with Gasteiger partial charge in [0, 0.05) is 16.2 Å². The standard InChI is InChI=1S/C21H22BrNO3/c1-13-10-14(2)20(15(3)11-13)23-21(25)16(4)26-19(24)9-8-17-6-5-7-18(22)12-17/h5-12,16H,1-4H3,(H,23,25)/b9-8+/t16-/m1/s1. The highest BCUT2D eigenvalue weighted by atomic mass is 79.9. The minimum atomic E-state index is -0.894. The third-order valence-electron chi connectivity index (χ3n) is 3.85. The van der Waals surface area contributed by atoms with Gasteiger partial charge in [-0.25, -0.2) is 4.79 Å². The smallest absolute Gasteiger partial charge is 0.331 e. The Morgan fingerprint density at radius 2 is 1.77 bits per heavy atom. The second kappa shape index (κ2) is 8.81. The molecule has 0 fully saturated rings. The molecule has 2 aromatic rings. The van der Waals surface area contributed by atoms with Gasteiger partial charge in [-0.3, -0.25) is 4.79 Å². The molecule has 0 aliphatic carbocycles. The molecule has 1 amide bonds. The maximum Gasteiger partial charge on any atom is 0.331 e. The van der Waals surface area contributed by atoms with Crippen molar-refractivity contribution in [2.24, 2.45) is 0 Å². The van der Waals surface area contributed by atoms with Crippen molar-refractivity contribution in [1.29, 1.82) is 0 Å². The van der Waals surface area contributed by atoms with Crippen molar-refractivity contribution in [3.8, 4) is 0 Å². The number of halogens is 1. The van der Waals surface area contributed by atoms with Crippen molar-refractivity contribution < 1.29 is 14.3 Å². The summed E-state index contributed by atoms with van der Waals surface area (Å²) in [6.07, 6.45) is 2.06. The van der Waals surface area contributed by atoms with Gasteiger partial charge < -0.3 is 10.1 Å². The fourth-order valence-corrected chi connectivity index (χ4v) is 3.06. The molecule has 2 rings (SSSR count). The van der Waals surface area contributed by atoms with E-state index in [9.17, 15) is 9.59 Å². The summed E-state index contributed by atoms with van der Waals surface area (Å²) >= 11 is 3.37. The Morgan fingerprint density at radius 3 is 2.38 bits per heavy atom. The number of benzene rings is 2. The van der Waals surface area contributed by atoms with Gasteiger partial charge in [-0.1, -0.05) is 45.8 Å². The summed E-state index contributed by atoms with van der Waals surface area (Å²) in [5.41, 5.74) is 4.70. The van der Waals surface area contributed by atoms with Crippen molar-refractivity contribution in [2.75, 3.05) is 5.32 Å². The lowest BCUT2D eigenvalue weighted by atomic mass is 10.0. The zero-order valence-corrected chi connectivity index (χ0v) is 16.9. The van der Waals surface area contributed by atoms with Crippen LogP contribution in [0.15, 0.2) is 46.9 Å². The first-order valence-electron chi connectivity index (χ1n) is 8.29. The predicted molar refractivity (Wildman–Crippen MR) is 108 cm³/mol. The largest absolute Gasteiger partial charge is 0.449 e. The Morgan fingerprint density at radius 1 is 1.12 bits per heavy atom. The summed E-state index contributed by atoms with van der Waals surface area (Å²) < 4.78 is 6.11. The molecular weight excluding hydrogens is 394 g/mol. The van der Waals surface area contributed by atoms with E-state index in [1.807, 2.05) is 57.2 Å². The Hall–Kier alpha value is -2.40. The van der Waals surface area contributed by atoms with Crippen molar-refractivity contribution in [3.63, 3.8) is 0 Å². The lowest BCUT2D eigenvalue weighted by molar-refractivity contribution is -0.148. The van der Waals surface area contributed by atoms with E-state index in [2.05, 4.69) is 21.2 Å². The highest BCUT2D eigenvalue weighted by Crippen LogP contribution is 2.22. The van der Waals surface area contributed by atoms with Crippen LogP contribution in [-0.4, -0.2) is 18.0 Å². The van der Waals surface area contributed by atoms with Crippen LogP contribution >= 0.6 is 15.9 Å². The first-order chi connectivity index (χ1) is 12.3. The van der Waals surface area contributed by atoms with Crippen LogP contribution < -0.4 is 5.32 Å². The Kier molecular flexibility index (Phi) is 6.75. The second-order valence-corrected chi connectivity index (χ2v) is 7.15. The summed E-state index contributed by atoms with van der Waals surface area (Å²) in [4.78, 5) is 24.3. The molecule has 0 aromatic heterocycles. The van der Waals surface area contributed by atoms with Crippen molar-refractivity contribution >= 4 is 39.6 Å². The van der Waals surface area contributed by atoms with E-state index in [0.717, 1.165) is 32.4 Å². The fourth-order valence-electron chi connectivity index (χ4n) is 2.64. The molecule has 0 radical (unpaired) electrons. The Balaban J connectivity index is 1.97. The quantitative estimate of drug-likeness (QED) is 0.554. The van der Waals surface area contributed by atoms with Crippen LogP contribution in [0.2, 0.25) is 0 Å². The number of hydrogen-bond donors (Lipinski definition) is 1. The Bertz CT molecular complexity index is 835. The van der Waals surface area contributed by atoms with Gasteiger partial charge in [0.2, 0.25) is 0 Å². The first kappa shape index (κ1) is 19.9. The summed E-state index contributed by atoms with van der Waals surface area (Å²) in [5.74, 6) is -0.922. The molecule has 5 heteroatoms. The summed E-state index contributed by atoms with van der Waals surface area (Å²) in [6.45, 7) is 7.44. The zero-order valence-electron chi connectivity index (χ0n) is 15.3. The number of amides is 1. The number of nitrogens with one attached hydrogen (secondary N) is 1. The van der Waals surface area contributed by atoms with Crippen LogP contribution in [0.1, 0.15) is 29.2 Å². The zero-order chi connectivity index (χ0) is 19.3. The molecule has 0 aliphatic heterocycles. The van der Waals surface area contributed by atoms with Crippen molar-refractivity contribution in [2.45, 2.75) is 33.8 Å². The van der Waals surface area contributed by atoms with Crippen molar-refractivity contribution in [3.05, 3.63) is 69.2 Å². The third kappa shape index (κ3) is 5.56. The molecule has 0 aliphatic rings. The minimum absolute atomic E-state index is 0.357. The molecular formula is C21H22BrNO3. The van der Waals surface area contributed by atoms with Crippen LogP contribution in [0.4, 0.5) is 5.69 Å². The van der Waals surface area contributed by atoms with Crippen LogP contribution in [0.25, 0.3) is 6.08 Å². The molecule has 0 unspecified atom stereocenters. The molecule has 0 saturated heterocycles. The lowest BCUT2D eigenvalue weighted by Gasteiger charge is -2.16. The van der Waals surface area contributed by atoms with Gasteiger partial charge in [0.25, 0.3) is 5.91 Å². The molecule has 136 valence electrons. The van der Waals surface area contributed by atoms with Gasteiger partial charge in [-0.15, -0.1) is 0 Å². The SMILES string of the molecule is Cc1cc(C)c(NC(=O)[C@@H](C)OC(=O)/C=C/c2cccc(Br)c2)c(C)c1. The molecule has 0 saturated carbocycles. The molecule has 1 N–H and O–H groups in total. The van der Waals surface area contributed by atoms with Crippen molar-refractivity contribution in [1.82, 2.24) is 0 Å². The predicted octanol–water partition coefficient (Wildman–Crippen LogP) is 4.96. The summed E-state index contributed by atoms with van der Waals surface area (Å²) in [7, 11) is 0. The van der Waals surface area contributed by atoms with Gasteiger partial charge in [-0.05, 0) is 62.6 Å². The number of ether oxygens (including phenoxy) is 1. The van der Waals surface area contributed by atoms with Crippen LogP contribution in [-0.2, 0) is 14.3 Å². The topological polar surface area (TPSA) is 55.4 Å². The third-order valence-corrected chi connectivity index (χ3v) is 4.34. The molecule has 0 spiro atoms. The summed E-state index contributed by atoms with van der Waals surface area (Å²) in [5, 5.41) is 2.85. The van der Waals surface area contributed by atoms with Crippen LogP contribution in [0.3, 0.4) is 0 Å². The van der Waals surface area contributed by atoms with Gasteiger partial charge in [-0.2, -0.15) is 0 Å². The van der Waals surface area contributed by atoms with E-state index in [1.165, 1.54) is 6.08 Å². The van der Waals surface area contributed by atoms with E-state index < -0.39 is 12.1 Å². The van der Waals surface area contributed by atoms with Gasteiger partial charge >= 0.3 is 5.97 Å². The van der Waals surface area contributed by atoms with E-state index >= 15 is 0 Å². The normalized spacial score (nSPS) is 12.0. The van der Waals surface area contributed by atoms with Crippen LogP contribution in [0.5, 0.6) is 0 Å². The van der Waals surface area contributed by atoms with E-state index in [4.69, 9.17) is 4.74 Å². The van der Waals surface area contributed by atoms with E-state index in [-0.39, 0.29) is 5.91 Å². The molecule has 1 atom stereocenters. The average Bonchev–Trinajstić information content (AvgIpc) is 2.56. The minimum Gasteiger partial charge on any atom is -0.449 e. The maximum atomic E-state index is 12.3. The van der Waals surface area contributed by atoms with Gasteiger partial charge in [0.15, 0.2) is 6.10 Å². The number of hydrogen-bond acceptors (Lipinski definition) is 3. The number of anilines is 1. The fraction of sp³-hybridized carbons (Fsp3) is 0.238. The molecule has 26 heavy (non-hydrogen) atoms. The summed E-state index contributed by atoms with van der Waals surface area (Å²) in [6, 6.07) is 11.5. The Labute approximate surface area is 162 Å². The number of rotatable bonds is 5. The monoisotopic (exact) mass is 415 g/mol. The molecule has 0 heterocycles. The maximum absolute atomic E-state index is 12.3. The number of carbonyl (C=O) groups is 2. The van der Waals surface area contributed by atoms with Gasteiger partial charge in [0.1, 0.15) is 0 Å². The molecule has 2 aromatic carbocycles. The van der Waals surface area contributed by atoms with Crippen LogP contribution in [0, 0.1) is 20.8 Å². The van der Waals surface area contributed by atoms with Gasteiger partial charge in [0.05, 0.1) is 0 Å². The highest BCUT2D eigenvalue weighted by Gasteiger charge is 2.18. The highest BCUT2D eigenvalue weighted by molar-refractivity contribution is 9.10. The number of aryl methyl sites for hydroxylation is 3. The first-order valence-corrected chi connectivity index (χ1v) is 9.08. The lowest BCUT2D eigenvalue weighted by Crippen LogP contribution is -2.30. The second-order valence-electron chi connectivity index (χ2n) is 6.23.